The van der Waals surface area contributed by atoms with Gasteiger partial charge < -0.3 is 15.1 Å². The monoisotopic (exact) mass is 256 g/mol. The van der Waals surface area contributed by atoms with Crippen molar-refractivity contribution in [3.05, 3.63) is 24.2 Å². The van der Waals surface area contributed by atoms with Gasteiger partial charge in [-0.25, -0.2) is 0 Å². The number of thioether (sulfide) groups is 1. The second-order valence-electron chi connectivity index (χ2n) is 3.40. The topological polar surface area (TPSA) is 71.3 Å². The predicted molar refractivity (Wildman–Crippen MR) is 67.0 cm³/mol. The molecule has 0 unspecified atom stereocenters. The molecular formula is C11H16N2O3S. The van der Waals surface area contributed by atoms with E-state index in [1.54, 1.807) is 12.1 Å². The molecule has 0 saturated heterocycles. The highest BCUT2D eigenvalue weighted by atomic mass is 32.2. The van der Waals surface area contributed by atoms with E-state index in [4.69, 9.17) is 4.42 Å². The zero-order valence-corrected chi connectivity index (χ0v) is 10.7. The maximum Gasteiger partial charge on any atom is 0.287 e. The Morgan fingerprint density at radius 2 is 2.12 bits per heavy atom. The number of amides is 2. The molecule has 0 aromatic carbocycles. The second kappa shape index (κ2) is 7.01. The summed E-state index contributed by atoms with van der Waals surface area (Å²) >= 11 is 1.48. The summed E-state index contributed by atoms with van der Waals surface area (Å²) in [6.07, 6.45) is 3.32. The summed E-state index contributed by atoms with van der Waals surface area (Å²) < 4.78 is 4.93. The zero-order chi connectivity index (χ0) is 12.7. The molecular weight excluding hydrogens is 240 g/mol. The van der Waals surface area contributed by atoms with Crippen molar-refractivity contribution < 1.29 is 14.0 Å². The van der Waals surface area contributed by atoms with Gasteiger partial charge in [-0.1, -0.05) is 0 Å². The van der Waals surface area contributed by atoms with E-state index in [0.717, 1.165) is 0 Å². The maximum absolute atomic E-state index is 11.4. The van der Waals surface area contributed by atoms with Crippen LogP contribution in [-0.2, 0) is 4.79 Å². The fourth-order valence-corrected chi connectivity index (χ4v) is 1.40. The van der Waals surface area contributed by atoms with Gasteiger partial charge in [-0.05, 0) is 25.3 Å². The lowest BCUT2D eigenvalue weighted by Gasteiger charge is -2.09. The molecule has 1 heterocycles. The van der Waals surface area contributed by atoms with Gasteiger partial charge in [-0.2, -0.15) is 11.8 Å². The van der Waals surface area contributed by atoms with Crippen LogP contribution in [0.1, 0.15) is 17.5 Å². The van der Waals surface area contributed by atoms with E-state index in [-0.39, 0.29) is 22.8 Å². The standard InChI is InChI=1S/C11H16N2O3S/c1-8(17-2)10(14)12-5-6-13-11(15)9-4-3-7-16-9/h3-4,7-8H,5-6H2,1-2H3,(H,12,14)(H,13,15)/t8-/m0/s1. The molecule has 0 bridgehead atoms. The van der Waals surface area contributed by atoms with E-state index >= 15 is 0 Å². The largest absolute Gasteiger partial charge is 0.459 e. The molecule has 2 amide bonds. The molecule has 0 radical (unpaired) electrons. The Bertz CT molecular complexity index is 365. The van der Waals surface area contributed by atoms with Gasteiger partial charge in [0.05, 0.1) is 11.5 Å². The van der Waals surface area contributed by atoms with E-state index in [0.29, 0.717) is 13.1 Å². The smallest absolute Gasteiger partial charge is 0.287 e. The summed E-state index contributed by atoms with van der Waals surface area (Å²) in [7, 11) is 0. The van der Waals surface area contributed by atoms with Crippen LogP contribution in [0.2, 0.25) is 0 Å². The van der Waals surface area contributed by atoms with Gasteiger partial charge in [-0.3, -0.25) is 9.59 Å². The number of hydrogen-bond donors (Lipinski definition) is 2. The Kier molecular flexibility index (Phi) is 5.62. The van der Waals surface area contributed by atoms with Crippen molar-refractivity contribution in [1.29, 1.82) is 0 Å². The third-order valence-corrected chi connectivity index (χ3v) is 3.10. The van der Waals surface area contributed by atoms with Gasteiger partial charge in [0.15, 0.2) is 5.76 Å². The predicted octanol–water partition coefficient (Wildman–Crippen LogP) is 0.877. The average Bonchev–Trinajstić information content (AvgIpc) is 2.86. The van der Waals surface area contributed by atoms with Gasteiger partial charge in [0.2, 0.25) is 5.91 Å². The van der Waals surface area contributed by atoms with Crippen molar-refractivity contribution in [2.75, 3.05) is 19.3 Å². The third-order valence-electron chi connectivity index (χ3n) is 2.18. The van der Waals surface area contributed by atoms with Crippen LogP contribution in [0.4, 0.5) is 0 Å². The van der Waals surface area contributed by atoms with Crippen LogP contribution >= 0.6 is 11.8 Å². The molecule has 0 spiro atoms. The molecule has 0 fully saturated rings. The summed E-state index contributed by atoms with van der Waals surface area (Å²) in [6.45, 7) is 2.63. The lowest BCUT2D eigenvalue weighted by atomic mass is 10.4. The van der Waals surface area contributed by atoms with Crippen molar-refractivity contribution in [2.45, 2.75) is 12.2 Å². The first-order valence-corrected chi connectivity index (χ1v) is 6.56. The molecule has 0 saturated carbocycles. The van der Waals surface area contributed by atoms with Crippen LogP contribution < -0.4 is 10.6 Å². The molecule has 0 aliphatic rings. The molecule has 1 aromatic rings. The quantitative estimate of drug-likeness (QED) is 0.741. The fraction of sp³-hybridized carbons (Fsp3) is 0.455. The van der Waals surface area contributed by atoms with Gasteiger partial charge >= 0.3 is 0 Å². The minimum absolute atomic E-state index is 0.0234. The first kappa shape index (κ1) is 13.6. The number of hydrogen-bond acceptors (Lipinski definition) is 4. The number of furan rings is 1. The number of carbonyl (C=O) groups is 2. The number of rotatable bonds is 6. The lowest BCUT2D eigenvalue weighted by Crippen LogP contribution is -2.37. The number of carbonyl (C=O) groups excluding carboxylic acids is 2. The van der Waals surface area contributed by atoms with E-state index in [1.807, 2.05) is 13.2 Å². The van der Waals surface area contributed by atoms with Crippen molar-refractivity contribution >= 4 is 23.6 Å². The summed E-state index contributed by atoms with van der Waals surface area (Å²) in [5.74, 6) is -0.0271. The minimum atomic E-state index is -0.276. The van der Waals surface area contributed by atoms with E-state index < -0.39 is 0 Å². The van der Waals surface area contributed by atoms with Crippen LogP contribution in [0.5, 0.6) is 0 Å². The Labute approximate surface area is 104 Å². The van der Waals surface area contributed by atoms with Gasteiger partial charge in [0.1, 0.15) is 0 Å². The van der Waals surface area contributed by atoms with E-state index in [2.05, 4.69) is 10.6 Å². The van der Waals surface area contributed by atoms with Crippen LogP contribution in [0, 0.1) is 0 Å². The molecule has 94 valence electrons. The van der Waals surface area contributed by atoms with E-state index in [9.17, 15) is 9.59 Å². The molecule has 1 atom stereocenters. The van der Waals surface area contributed by atoms with Gasteiger partial charge in [0, 0.05) is 13.1 Å². The molecule has 1 rings (SSSR count). The Hall–Kier alpha value is -1.43. The van der Waals surface area contributed by atoms with Gasteiger partial charge in [0.25, 0.3) is 5.91 Å². The summed E-state index contributed by atoms with van der Waals surface area (Å²) in [6, 6.07) is 3.24. The van der Waals surface area contributed by atoms with Crippen LogP contribution in [-0.4, -0.2) is 36.4 Å². The minimum Gasteiger partial charge on any atom is -0.459 e. The highest BCUT2D eigenvalue weighted by molar-refractivity contribution is 7.99. The first-order chi connectivity index (χ1) is 8.15. The van der Waals surface area contributed by atoms with Crippen molar-refractivity contribution in [3.63, 3.8) is 0 Å². The van der Waals surface area contributed by atoms with E-state index in [1.165, 1.54) is 18.0 Å². The zero-order valence-electron chi connectivity index (χ0n) is 9.86. The molecule has 2 N–H and O–H groups in total. The van der Waals surface area contributed by atoms with Crippen molar-refractivity contribution in [1.82, 2.24) is 10.6 Å². The first-order valence-electron chi connectivity index (χ1n) is 5.27. The lowest BCUT2D eigenvalue weighted by molar-refractivity contribution is -0.120. The molecule has 5 nitrogen and oxygen atoms in total. The Morgan fingerprint density at radius 1 is 1.41 bits per heavy atom. The molecule has 17 heavy (non-hydrogen) atoms. The average molecular weight is 256 g/mol. The molecule has 0 aliphatic heterocycles. The highest BCUT2D eigenvalue weighted by Gasteiger charge is 2.10. The summed E-state index contributed by atoms with van der Waals surface area (Å²) in [5, 5.41) is 5.30. The van der Waals surface area contributed by atoms with Crippen molar-refractivity contribution in [3.8, 4) is 0 Å². The molecule has 1 aromatic heterocycles. The van der Waals surface area contributed by atoms with Crippen LogP contribution in [0.25, 0.3) is 0 Å². The highest BCUT2D eigenvalue weighted by Crippen LogP contribution is 2.03. The van der Waals surface area contributed by atoms with Crippen LogP contribution in [0.3, 0.4) is 0 Å². The normalized spacial score (nSPS) is 11.9. The molecule has 0 aliphatic carbocycles. The van der Waals surface area contributed by atoms with Crippen LogP contribution in [0.15, 0.2) is 22.8 Å². The molecule has 6 heteroatoms. The van der Waals surface area contributed by atoms with Gasteiger partial charge in [-0.15, -0.1) is 0 Å². The third kappa shape index (κ3) is 4.52. The second-order valence-corrected chi connectivity index (χ2v) is 4.58. The number of nitrogens with one attached hydrogen (secondary N) is 2. The summed E-state index contributed by atoms with van der Waals surface area (Å²) in [5.41, 5.74) is 0. The Balaban J connectivity index is 2.16. The van der Waals surface area contributed by atoms with Crippen molar-refractivity contribution in [2.24, 2.45) is 0 Å². The summed E-state index contributed by atoms with van der Waals surface area (Å²) in [4.78, 5) is 22.8. The fourth-order valence-electron chi connectivity index (χ4n) is 1.11. The maximum atomic E-state index is 11.4. The SMILES string of the molecule is CS[C@@H](C)C(=O)NCCNC(=O)c1ccco1. The Morgan fingerprint density at radius 3 is 2.71 bits per heavy atom.